The molecule has 1 aromatic heterocycles. The Morgan fingerprint density at radius 2 is 2.11 bits per heavy atom. The molecule has 0 unspecified atom stereocenters. The molecule has 1 fully saturated rings. The zero-order chi connectivity index (χ0) is 12.8. The molecule has 1 N–H and O–H groups in total. The molecule has 1 heterocycles. The molecule has 0 aliphatic heterocycles. The summed E-state index contributed by atoms with van der Waals surface area (Å²) < 4.78 is 0. The highest BCUT2D eigenvalue weighted by atomic mass is 32.1. The minimum Gasteiger partial charge on any atom is -0.314 e. The van der Waals surface area contributed by atoms with Crippen LogP contribution in [0.3, 0.4) is 0 Å². The van der Waals surface area contributed by atoms with Crippen molar-refractivity contribution < 1.29 is 0 Å². The first kappa shape index (κ1) is 14.0. The maximum Gasteiger partial charge on any atom is 0.0327 e. The van der Waals surface area contributed by atoms with E-state index in [9.17, 15) is 0 Å². The van der Waals surface area contributed by atoms with Crippen LogP contribution in [-0.4, -0.2) is 30.6 Å². The Kier molecular flexibility index (Phi) is 5.67. The molecule has 0 saturated heterocycles. The molecule has 0 radical (unpaired) electrons. The highest BCUT2D eigenvalue weighted by Gasteiger charge is 2.23. The fourth-order valence-electron chi connectivity index (χ4n) is 2.85. The van der Waals surface area contributed by atoms with Crippen molar-refractivity contribution in [2.75, 3.05) is 13.6 Å². The molecule has 0 atom stereocenters. The Labute approximate surface area is 115 Å². The van der Waals surface area contributed by atoms with E-state index in [0.29, 0.717) is 0 Å². The Bertz CT molecular complexity index is 315. The highest BCUT2D eigenvalue weighted by Crippen LogP contribution is 2.24. The summed E-state index contributed by atoms with van der Waals surface area (Å²) in [5.74, 6) is 0. The molecule has 2 rings (SSSR count). The minimum absolute atomic E-state index is 0.774. The van der Waals surface area contributed by atoms with Gasteiger partial charge in [0.2, 0.25) is 0 Å². The normalized spacial score (nSPS) is 24.6. The summed E-state index contributed by atoms with van der Waals surface area (Å²) in [5, 5.41) is 5.84. The monoisotopic (exact) mass is 266 g/mol. The molecule has 1 aliphatic carbocycles. The smallest absolute Gasteiger partial charge is 0.0327 e. The zero-order valence-electron chi connectivity index (χ0n) is 11.7. The van der Waals surface area contributed by atoms with Crippen LogP contribution in [0.5, 0.6) is 0 Å². The van der Waals surface area contributed by atoms with E-state index < -0.39 is 0 Å². The second kappa shape index (κ2) is 7.27. The van der Waals surface area contributed by atoms with Crippen LogP contribution in [0, 0.1) is 0 Å². The second-order valence-electron chi connectivity index (χ2n) is 5.45. The number of rotatable bonds is 6. The Morgan fingerprint density at radius 1 is 1.33 bits per heavy atom. The number of hydrogen-bond donors (Lipinski definition) is 1. The van der Waals surface area contributed by atoms with Gasteiger partial charge in [0, 0.05) is 23.5 Å². The van der Waals surface area contributed by atoms with Crippen molar-refractivity contribution in [2.45, 2.75) is 57.7 Å². The van der Waals surface area contributed by atoms with Crippen LogP contribution in [0.25, 0.3) is 0 Å². The van der Waals surface area contributed by atoms with Crippen molar-refractivity contribution in [1.29, 1.82) is 0 Å². The molecule has 0 spiro atoms. The van der Waals surface area contributed by atoms with Gasteiger partial charge in [-0.15, -0.1) is 11.3 Å². The fourth-order valence-corrected chi connectivity index (χ4v) is 3.61. The van der Waals surface area contributed by atoms with Crippen molar-refractivity contribution in [2.24, 2.45) is 0 Å². The van der Waals surface area contributed by atoms with Gasteiger partial charge >= 0.3 is 0 Å². The molecule has 18 heavy (non-hydrogen) atoms. The first-order chi connectivity index (χ1) is 8.79. The van der Waals surface area contributed by atoms with E-state index >= 15 is 0 Å². The van der Waals surface area contributed by atoms with Gasteiger partial charge in [-0.25, -0.2) is 0 Å². The minimum atomic E-state index is 0.774. The lowest BCUT2D eigenvalue weighted by Crippen LogP contribution is -2.40. The number of hydrogen-bond acceptors (Lipinski definition) is 3. The van der Waals surface area contributed by atoms with Gasteiger partial charge in [0.25, 0.3) is 0 Å². The number of nitrogens with zero attached hydrogens (tertiary/aromatic N) is 1. The number of thiophene rings is 1. The van der Waals surface area contributed by atoms with Gasteiger partial charge in [0.05, 0.1) is 0 Å². The summed E-state index contributed by atoms with van der Waals surface area (Å²) in [6.07, 6.45) is 6.64. The third-order valence-electron chi connectivity index (χ3n) is 3.99. The topological polar surface area (TPSA) is 15.3 Å². The van der Waals surface area contributed by atoms with E-state index in [4.69, 9.17) is 0 Å². The van der Waals surface area contributed by atoms with Crippen LogP contribution in [-0.2, 0) is 6.54 Å². The van der Waals surface area contributed by atoms with Crippen molar-refractivity contribution in [3.8, 4) is 0 Å². The lowest BCUT2D eigenvalue weighted by Gasteiger charge is -2.34. The van der Waals surface area contributed by atoms with E-state index in [0.717, 1.165) is 18.6 Å². The van der Waals surface area contributed by atoms with E-state index in [1.807, 2.05) is 11.3 Å². The van der Waals surface area contributed by atoms with Crippen LogP contribution >= 0.6 is 11.3 Å². The molecule has 2 nitrogen and oxygen atoms in total. The van der Waals surface area contributed by atoms with Gasteiger partial charge in [0.1, 0.15) is 0 Å². The van der Waals surface area contributed by atoms with Crippen LogP contribution in [0.4, 0.5) is 0 Å². The van der Waals surface area contributed by atoms with Crippen LogP contribution in [0.1, 0.15) is 43.9 Å². The average Bonchev–Trinajstić information content (AvgIpc) is 2.89. The Morgan fingerprint density at radius 3 is 2.72 bits per heavy atom. The molecule has 0 amide bonds. The first-order valence-electron chi connectivity index (χ1n) is 7.25. The lowest BCUT2D eigenvalue weighted by molar-refractivity contribution is 0.169. The summed E-state index contributed by atoms with van der Waals surface area (Å²) in [7, 11) is 2.28. The predicted octanol–water partition coefficient (Wildman–Crippen LogP) is 3.49. The quantitative estimate of drug-likeness (QED) is 0.848. The largest absolute Gasteiger partial charge is 0.314 e. The highest BCUT2D eigenvalue weighted by molar-refractivity contribution is 7.09. The third kappa shape index (κ3) is 4.08. The summed E-state index contributed by atoms with van der Waals surface area (Å²) >= 11 is 1.87. The van der Waals surface area contributed by atoms with Crippen LogP contribution in [0.2, 0.25) is 0 Å². The van der Waals surface area contributed by atoms with Crippen LogP contribution in [0.15, 0.2) is 17.5 Å². The summed E-state index contributed by atoms with van der Waals surface area (Å²) in [6.45, 7) is 4.54. The molecule has 3 heteroatoms. The van der Waals surface area contributed by atoms with E-state index in [1.165, 1.54) is 43.5 Å². The molecule has 1 saturated carbocycles. The van der Waals surface area contributed by atoms with Gasteiger partial charge in [-0.3, -0.25) is 4.90 Å². The van der Waals surface area contributed by atoms with E-state index in [-0.39, 0.29) is 0 Å². The zero-order valence-corrected chi connectivity index (χ0v) is 12.5. The first-order valence-corrected chi connectivity index (χ1v) is 8.13. The lowest BCUT2D eigenvalue weighted by atomic mass is 9.90. The molecule has 0 bridgehead atoms. The Balaban J connectivity index is 1.72. The summed E-state index contributed by atoms with van der Waals surface area (Å²) in [5.41, 5.74) is 0. The SMILES string of the molecule is CCCNC1CCC(N(C)Cc2cccs2)CC1. The summed E-state index contributed by atoms with van der Waals surface area (Å²) in [4.78, 5) is 4.03. The maximum absolute atomic E-state index is 3.66. The Hall–Kier alpha value is -0.380. The molecular weight excluding hydrogens is 240 g/mol. The van der Waals surface area contributed by atoms with Crippen LogP contribution < -0.4 is 5.32 Å². The fraction of sp³-hybridized carbons (Fsp3) is 0.733. The molecule has 1 aliphatic rings. The van der Waals surface area contributed by atoms with Crippen molar-refractivity contribution in [1.82, 2.24) is 10.2 Å². The molecular formula is C15H26N2S. The standard InChI is InChI=1S/C15H26N2S/c1-3-10-16-13-6-8-14(9-7-13)17(2)12-15-5-4-11-18-15/h4-5,11,13-14,16H,3,6-10,12H2,1-2H3. The summed E-state index contributed by atoms with van der Waals surface area (Å²) in [6, 6.07) is 5.96. The van der Waals surface area contributed by atoms with Crippen molar-refractivity contribution in [3.05, 3.63) is 22.4 Å². The average molecular weight is 266 g/mol. The third-order valence-corrected chi connectivity index (χ3v) is 4.85. The van der Waals surface area contributed by atoms with Gasteiger partial charge in [-0.05, 0) is 57.1 Å². The van der Waals surface area contributed by atoms with Gasteiger partial charge < -0.3 is 5.32 Å². The van der Waals surface area contributed by atoms with Gasteiger partial charge in [0.15, 0.2) is 0 Å². The number of nitrogens with one attached hydrogen (secondary N) is 1. The molecule has 1 aromatic rings. The van der Waals surface area contributed by atoms with Gasteiger partial charge in [-0.2, -0.15) is 0 Å². The van der Waals surface area contributed by atoms with E-state index in [2.05, 4.69) is 41.7 Å². The molecule has 102 valence electrons. The van der Waals surface area contributed by atoms with Crippen molar-refractivity contribution >= 4 is 11.3 Å². The maximum atomic E-state index is 3.66. The predicted molar refractivity (Wildman–Crippen MR) is 80.1 cm³/mol. The second-order valence-corrected chi connectivity index (χ2v) is 6.49. The van der Waals surface area contributed by atoms with Crippen molar-refractivity contribution in [3.63, 3.8) is 0 Å². The molecule has 0 aromatic carbocycles. The van der Waals surface area contributed by atoms with Gasteiger partial charge in [-0.1, -0.05) is 13.0 Å². The van der Waals surface area contributed by atoms with E-state index in [1.54, 1.807) is 0 Å².